The Morgan fingerprint density at radius 2 is 1.78 bits per heavy atom. The maximum atomic E-state index is 12.2. The van der Waals surface area contributed by atoms with Crippen LogP contribution in [0.3, 0.4) is 0 Å². The van der Waals surface area contributed by atoms with E-state index in [4.69, 9.17) is 9.47 Å². The summed E-state index contributed by atoms with van der Waals surface area (Å²) in [5.74, 6) is -0.149. The van der Waals surface area contributed by atoms with Crippen molar-refractivity contribution in [3.8, 4) is 0 Å². The van der Waals surface area contributed by atoms with Crippen LogP contribution in [0.4, 0.5) is 0 Å². The summed E-state index contributed by atoms with van der Waals surface area (Å²) in [6.07, 6.45) is 7.47. The molecule has 0 unspecified atom stereocenters. The second kappa shape index (κ2) is 6.53. The molecule has 2 rings (SSSR count). The lowest BCUT2D eigenvalue weighted by atomic mass is 9.84. The molecule has 1 saturated heterocycles. The van der Waals surface area contributed by atoms with Crippen molar-refractivity contribution in [2.24, 2.45) is 0 Å². The average molecular weight is 255 g/mol. The van der Waals surface area contributed by atoms with Gasteiger partial charge in [0.05, 0.1) is 6.61 Å². The fraction of sp³-hybridized carbons (Fsp3) is 0.929. The first kappa shape index (κ1) is 13.8. The van der Waals surface area contributed by atoms with Crippen LogP contribution in [-0.4, -0.2) is 42.9 Å². The van der Waals surface area contributed by atoms with Crippen LogP contribution in [0.1, 0.15) is 51.9 Å². The van der Waals surface area contributed by atoms with Gasteiger partial charge in [-0.15, -0.1) is 0 Å². The minimum absolute atomic E-state index is 0.149. The Bertz CT molecular complexity index is 268. The molecule has 1 saturated carbocycles. The molecule has 4 heteroatoms. The van der Waals surface area contributed by atoms with Gasteiger partial charge in [0.1, 0.15) is 6.73 Å². The fourth-order valence-electron chi connectivity index (χ4n) is 2.92. The first-order valence-electron chi connectivity index (χ1n) is 7.30. The summed E-state index contributed by atoms with van der Waals surface area (Å²) in [6.45, 7) is 5.07. The van der Waals surface area contributed by atoms with Gasteiger partial charge < -0.3 is 9.47 Å². The molecule has 0 aromatic rings. The smallest absolute Gasteiger partial charge is 0.338 e. The third-order valence-electron chi connectivity index (χ3n) is 4.03. The van der Waals surface area contributed by atoms with Crippen molar-refractivity contribution in [3.63, 3.8) is 0 Å². The number of carbonyl (C=O) groups excluding carboxylic acids is 1. The second-order valence-electron chi connectivity index (χ2n) is 5.37. The van der Waals surface area contributed by atoms with E-state index in [-0.39, 0.29) is 5.97 Å². The van der Waals surface area contributed by atoms with E-state index in [9.17, 15) is 4.79 Å². The number of ether oxygens (including phenoxy) is 2. The SMILES string of the molecule is CCOC(=O)C1(OCN2CCCC2)CCCCC1. The van der Waals surface area contributed by atoms with Crippen molar-refractivity contribution in [1.29, 1.82) is 0 Å². The molecule has 104 valence electrons. The van der Waals surface area contributed by atoms with Crippen molar-refractivity contribution < 1.29 is 14.3 Å². The van der Waals surface area contributed by atoms with Gasteiger partial charge in [0, 0.05) is 13.1 Å². The summed E-state index contributed by atoms with van der Waals surface area (Å²) in [5.41, 5.74) is -0.656. The van der Waals surface area contributed by atoms with Crippen molar-refractivity contribution >= 4 is 5.97 Å². The Morgan fingerprint density at radius 3 is 2.39 bits per heavy atom. The summed E-state index contributed by atoms with van der Waals surface area (Å²) in [6, 6.07) is 0. The van der Waals surface area contributed by atoms with Crippen LogP contribution in [0.25, 0.3) is 0 Å². The molecule has 2 fully saturated rings. The summed E-state index contributed by atoms with van der Waals surface area (Å²) >= 11 is 0. The van der Waals surface area contributed by atoms with Gasteiger partial charge in [0.25, 0.3) is 0 Å². The van der Waals surface area contributed by atoms with Crippen LogP contribution in [0, 0.1) is 0 Å². The molecular formula is C14H25NO3. The lowest BCUT2D eigenvalue weighted by Crippen LogP contribution is -2.46. The Labute approximate surface area is 110 Å². The molecule has 1 aliphatic heterocycles. The first-order valence-corrected chi connectivity index (χ1v) is 7.30. The van der Waals surface area contributed by atoms with E-state index in [1.54, 1.807) is 0 Å². The van der Waals surface area contributed by atoms with Crippen molar-refractivity contribution in [2.45, 2.75) is 57.5 Å². The predicted octanol–water partition coefficient (Wildman–Crippen LogP) is 2.32. The monoisotopic (exact) mass is 255 g/mol. The largest absolute Gasteiger partial charge is 0.464 e. The molecule has 2 aliphatic rings. The normalized spacial score (nSPS) is 24.1. The van der Waals surface area contributed by atoms with Crippen molar-refractivity contribution in [1.82, 2.24) is 4.90 Å². The zero-order valence-electron chi connectivity index (χ0n) is 11.5. The van der Waals surface area contributed by atoms with E-state index >= 15 is 0 Å². The molecule has 0 aromatic carbocycles. The van der Waals surface area contributed by atoms with Crippen LogP contribution in [0.5, 0.6) is 0 Å². The summed E-state index contributed by atoms with van der Waals surface area (Å²) in [4.78, 5) is 14.4. The Kier molecular flexibility index (Phi) is 5.01. The third kappa shape index (κ3) is 3.23. The quantitative estimate of drug-likeness (QED) is 0.707. The van der Waals surface area contributed by atoms with Gasteiger partial charge in [-0.2, -0.15) is 0 Å². The average Bonchev–Trinajstić information content (AvgIpc) is 2.91. The van der Waals surface area contributed by atoms with E-state index < -0.39 is 5.60 Å². The van der Waals surface area contributed by atoms with Crippen molar-refractivity contribution in [2.75, 3.05) is 26.4 Å². The van der Waals surface area contributed by atoms with E-state index in [0.29, 0.717) is 13.3 Å². The zero-order valence-corrected chi connectivity index (χ0v) is 11.5. The Balaban J connectivity index is 1.92. The van der Waals surface area contributed by atoms with Crippen LogP contribution in [0.15, 0.2) is 0 Å². The molecule has 1 heterocycles. The fourth-order valence-corrected chi connectivity index (χ4v) is 2.92. The second-order valence-corrected chi connectivity index (χ2v) is 5.37. The highest BCUT2D eigenvalue weighted by Gasteiger charge is 2.42. The number of esters is 1. The first-order chi connectivity index (χ1) is 8.77. The van der Waals surface area contributed by atoms with Crippen LogP contribution in [-0.2, 0) is 14.3 Å². The number of hydrogen-bond acceptors (Lipinski definition) is 4. The summed E-state index contributed by atoms with van der Waals surface area (Å²) in [5, 5.41) is 0. The Morgan fingerprint density at radius 1 is 1.11 bits per heavy atom. The van der Waals surface area contributed by atoms with E-state index in [2.05, 4.69) is 4.90 Å². The standard InChI is InChI=1S/C14H25NO3/c1-2-17-13(16)14(8-4-3-5-9-14)18-12-15-10-6-7-11-15/h2-12H2,1H3. The number of hydrogen-bond donors (Lipinski definition) is 0. The molecule has 4 nitrogen and oxygen atoms in total. The maximum Gasteiger partial charge on any atom is 0.338 e. The van der Waals surface area contributed by atoms with Gasteiger partial charge in [0.15, 0.2) is 5.60 Å². The highest BCUT2D eigenvalue weighted by atomic mass is 16.6. The van der Waals surface area contributed by atoms with Gasteiger partial charge in [-0.3, -0.25) is 4.90 Å². The van der Waals surface area contributed by atoms with Crippen LogP contribution < -0.4 is 0 Å². The molecule has 0 aromatic heterocycles. The molecule has 0 bridgehead atoms. The highest BCUT2D eigenvalue weighted by molar-refractivity contribution is 5.79. The van der Waals surface area contributed by atoms with Gasteiger partial charge in [0.2, 0.25) is 0 Å². The molecule has 1 aliphatic carbocycles. The number of nitrogens with zero attached hydrogens (tertiary/aromatic N) is 1. The van der Waals surface area contributed by atoms with E-state index in [0.717, 1.165) is 38.8 Å². The molecule has 0 radical (unpaired) electrons. The van der Waals surface area contributed by atoms with Gasteiger partial charge >= 0.3 is 5.97 Å². The maximum absolute atomic E-state index is 12.2. The van der Waals surface area contributed by atoms with Gasteiger partial charge in [-0.1, -0.05) is 6.42 Å². The molecule has 0 amide bonds. The molecule has 0 spiro atoms. The summed E-state index contributed by atoms with van der Waals surface area (Å²) in [7, 11) is 0. The van der Waals surface area contributed by atoms with Crippen LogP contribution >= 0.6 is 0 Å². The zero-order chi connectivity index (χ0) is 12.8. The van der Waals surface area contributed by atoms with Gasteiger partial charge in [-0.25, -0.2) is 4.79 Å². The van der Waals surface area contributed by atoms with E-state index in [1.807, 2.05) is 6.92 Å². The molecule has 18 heavy (non-hydrogen) atoms. The molecule has 0 atom stereocenters. The minimum atomic E-state index is -0.656. The van der Waals surface area contributed by atoms with Crippen LogP contribution in [0.2, 0.25) is 0 Å². The molecular weight excluding hydrogens is 230 g/mol. The highest BCUT2D eigenvalue weighted by Crippen LogP contribution is 2.33. The topological polar surface area (TPSA) is 38.8 Å². The van der Waals surface area contributed by atoms with E-state index in [1.165, 1.54) is 19.3 Å². The molecule has 0 N–H and O–H groups in total. The summed E-state index contributed by atoms with van der Waals surface area (Å²) < 4.78 is 11.2. The van der Waals surface area contributed by atoms with Gasteiger partial charge in [-0.05, 0) is 45.4 Å². The minimum Gasteiger partial charge on any atom is -0.464 e. The predicted molar refractivity (Wildman–Crippen MR) is 69.2 cm³/mol. The lowest BCUT2D eigenvalue weighted by molar-refractivity contribution is -0.183. The number of likely N-dealkylation sites (tertiary alicyclic amines) is 1. The lowest BCUT2D eigenvalue weighted by Gasteiger charge is -2.35. The third-order valence-corrected chi connectivity index (χ3v) is 4.03. The van der Waals surface area contributed by atoms with Crippen molar-refractivity contribution in [3.05, 3.63) is 0 Å². The number of carbonyl (C=O) groups is 1. The number of rotatable bonds is 5. The Hall–Kier alpha value is -0.610.